The molecule has 6 aromatic carbocycles. The number of hydrogen-bond donors (Lipinski definition) is 1. The molecule has 1 nitrogen and oxygen atoms in total. The molecule has 0 heterocycles. The van der Waals surface area contributed by atoms with Crippen molar-refractivity contribution in [3.05, 3.63) is 132 Å². The van der Waals surface area contributed by atoms with Crippen LogP contribution in [0.1, 0.15) is 16.7 Å². The van der Waals surface area contributed by atoms with Crippen molar-refractivity contribution >= 4 is 32.3 Å². The third kappa shape index (κ3) is 3.14. The average Bonchev–Trinajstić information content (AvgIpc) is 2.83. The topological polar surface area (TPSA) is 26.0 Å². The van der Waals surface area contributed by atoms with E-state index in [9.17, 15) is 0 Å². The van der Waals surface area contributed by atoms with Crippen molar-refractivity contribution in [2.45, 2.75) is 18.4 Å². The van der Waals surface area contributed by atoms with Gasteiger partial charge in [-0.1, -0.05) is 115 Å². The first-order chi connectivity index (χ1) is 15.7. The Labute approximate surface area is 188 Å². The highest BCUT2D eigenvalue weighted by Crippen LogP contribution is 2.40. The van der Waals surface area contributed by atoms with Crippen molar-refractivity contribution in [3.8, 4) is 0 Å². The lowest BCUT2D eigenvalue weighted by Crippen LogP contribution is -2.41. The summed E-state index contributed by atoms with van der Waals surface area (Å²) in [6.45, 7) is 0. The fourth-order valence-electron chi connectivity index (χ4n) is 5.34. The predicted molar refractivity (Wildman–Crippen MR) is 136 cm³/mol. The van der Waals surface area contributed by atoms with Crippen LogP contribution in [0, 0.1) is 0 Å². The van der Waals surface area contributed by atoms with Crippen LogP contribution in [0.25, 0.3) is 32.3 Å². The zero-order valence-electron chi connectivity index (χ0n) is 18.0. The van der Waals surface area contributed by atoms with E-state index in [1.54, 1.807) is 0 Å². The van der Waals surface area contributed by atoms with Crippen LogP contribution in [0.5, 0.6) is 0 Å². The molecule has 0 unspecified atom stereocenters. The Morgan fingerprint density at radius 1 is 0.469 bits per heavy atom. The number of rotatable bonds is 5. The molecule has 0 saturated carbocycles. The molecule has 0 radical (unpaired) electrons. The summed E-state index contributed by atoms with van der Waals surface area (Å²) in [7, 11) is 0. The van der Waals surface area contributed by atoms with Gasteiger partial charge in [0.15, 0.2) is 0 Å². The number of hydrogen-bond acceptors (Lipinski definition) is 1. The first-order valence-electron chi connectivity index (χ1n) is 11.3. The van der Waals surface area contributed by atoms with Crippen LogP contribution in [-0.4, -0.2) is 0 Å². The van der Waals surface area contributed by atoms with Gasteiger partial charge in [-0.25, -0.2) is 0 Å². The molecule has 6 aromatic rings. The molecular formula is C31H25N. The zero-order chi connectivity index (χ0) is 21.5. The smallest absolute Gasteiger partial charge is 0.0497 e. The lowest BCUT2D eigenvalue weighted by molar-refractivity contribution is 0.441. The minimum Gasteiger partial charge on any atom is -0.321 e. The SMILES string of the molecule is NC(Cc1ccccc1)(Cc1ccccc1)c1ccc2ccc3cccc4ccc1c2c34. The van der Waals surface area contributed by atoms with Crippen LogP contribution in [0.2, 0.25) is 0 Å². The predicted octanol–water partition coefficient (Wildman–Crippen LogP) is 7.22. The third-order valence-corrected chi connectivity index (χ3v) is 6.79. The van der Waals surface area contributed by atoms with Gasteiger partial charge in [0, 0.05) is 5.54 Å². The Morgan fingerprint density at radius 2 is 0.969 bits per heavy atom. The maximum Gasteiger partial charge on any atom is 0.0497 e. The van der Waals surface area contributed by atoms with Crippen LogP contribution in [0.3, 0.4) is 0 Å². The van der Waals surface area contributed by atoms with Gasteiger partial charge in [0.25, 0.3) is 0 Å². The highest BCUT2D eigenvalue weighted by molar-refractivity contribution is 6.23. The number of nitrogens with two attached hydrogens (primary N) is 1. The highest BCUT2D eigenvalue weighted by Gasteiger charge is 2.30. The highest BCUT2D eigenvalue weighted by atomic mass is 14.7. The maximum atomic E-state index is 7.38. The van der Waals surface area contributed by atoms with E-state index in [0.29, 0.717) is 0 Å². The molecule has 0 bridgehead atoms. The summed E-state index contributed by atoms with van der Waals surface area (Å²) in [6, 6.07) is 41.3. The van der Waals surface area contributed by atoms with Gasteiger partial charge < -0.3 is 5.73 Å². The van der Waals surface area contributed by atoms with E-state index in [1.165, 1.54) is 49.0 Å². The van der Waals surface area contributed by atoms with E-state index < -0.39 is 5.54 Å². The van der Waals surface area contributed by atoms with E-state index >= 15 is 0 Å². The van der Waals surface area contributed by atoms with Gasteiger partial charge in [-0.3, -0.25) is 0 Å². The molecule has 0 amide bonds. The molecule has 0 saturated heterocycles. The normalized spacial score (nSPS) is 12.2. The molecule has 2 N–H and O–H groups in total. The molecule has 0 atom stereocenters. The maximum absolute atomic E-state index is 7.38. The Morgan fingerprint density at radius 3 is 1.56 bits per heavy atom. The van der Waals surface area contributed by atoms with Gasteiger partial charge in [0.05, 0.1) is 0 Å². The van der Waals surface area contributed by atoms with Gasteiger partial charge in [0.2, 0.25) is 0 Å². The fraction of sp³-hybridized carbons (Fsp3) is 0.0968. The van der Waals surface area contributed by atoms with Crippen molar-refractivity contribution in [2.75, 3.05) is 0 Å². The molecule has 0 spiro atoms. The number of benzene rings is 6. The van der Waals surface area contributed by atoms with Crippen LogP contribution >= 0.6 is 0 Å². The second kappa shape index (κ2) is 7.47. The van der Waals surface area contributed by atoms with E-state index in [-0.39, 0.29) is 0 Å². The Bertz CT molecular complexity index is 1460. The summed E-state index contributed by atoms with van der Waals surface area (Å²) < 4.78 is 0. The van der Waals surface area contributed by atoms with Gasteiger partial charge >= 0.3 is 0 Å². The van der Waals surface area contributed by atoms with E-state index in [4.69, 9.17) is 5.73 Å². The molecule has 0 aliphatic heterocycles. The first-order valence-corrected chi connectivity index (χ1v) is 11.3. The summed E-state index contributed by atoms with van der Waals surface area (Å²) in [5, 5.41) is 7.77. The lowest BCUT2D eigenvalue weighted by Gasteiger charge is -2.32. The molecule has 0 aliphatic rings. The zero-order valence-corrected chi connectivity index (χ0v) is 18.0. The van der Waals surface area contributed by atoms with E-state index in [1.807, 2.05) is 0 Å². The van der Waals surface area contributed by atoms with Crippen molar-refractivity contribution in [1.82, 2.24) is 0 Å². The summed E-state index contributed by atoms with van der Waals surface area (Å²) in [5.41, 5.74) is 10.6. The molecule has 0 aliphatic carbocycles. The summed E-state index contributed by atoms with van der Waals surface area (Å²) in [4.78, 5) is 0. The van der Waals surface area contributed by atoms with Crippen molar-refractivity contribution in [3.63, 3.8) is 0 Å². The van der Waals surface area contributed by atoms with Gasteiger partial charge in [-0.15, -0.1) is 0 Å². The molecule has 154 valence electrons. The summed E-state index contributed by atoms with van der Waals surface area (Å²) >= 11 is 0. The Kier molecular flexibility index (Phi) is 4.45. The second-order valence-corrected chi connectivity index (χ2v) is 8.95. The molecule has 0 fully saturated rings. The van der Waals surface area contributed by atoms with Crippen LogP contribution in [-0.2, 0) is 18.4 Å². The first kappa shape index (κ1) is 19.0. The van der Waals surface area contributed by atoms with Crippen molar-refractivity contribution in [2.24, 2.45) is 5.73 Å². The molecule has 1 heteroatoms. The lowest BCUT2D eigenvalue weighted by atomic mass is 9.77. The van der Waals surface area contributed by atoms with Crippen LogP contribution in [0.4, 0.5) is 0 Å². The Balaban J connectivity index is 1.61. The minimum absolute atomic E-state index is 0.523. The molecule has 32 heavy (non-hydrogen) atoms. The summed E-state index contributed by atoms with van der Waals surface area (Å²) in [5.74, 6) is 0. The molecular weight excluding hydrogens is 386 g/mol. The standard InChI is InChI=1S/C31H25N/c32-31(20-22-8-3-1-4-9-22,21-23-10-5-2-6-11-23)28-19-17-26-15-14-24-12-7-13-25-16-18-27(28)30(26)29(24)25/h1-19H,20-21,32H2. The average molecular weight is 412 g/mol. The largest absolute Gasteiger partial charge is 0.321 e. The van der Waals surface area contributed by atoms with Crippen molar-refractivity contribution in [1.29, 1.82) is 0 Å². The Hall–Kier alpha value is -3.68. The van der Waals surface area contributed by atoms with Gasteiger partial charge in [-0.2, -0.15) is 0 Å². The monoisotopic (exact) mass is 411 g/mol. The minimum atomic E-state index is -0.523. The van der Waals surface area contributed by atoms with Gasteiger partial charge in [-0.05, 0) is 61.8 Å². The van der Waals surface area contributed by atoms with E-state index in [0.717, 1.165) is 12.8 Å². The fourth-order valence-corrected chi connectivity index (χ4v) is 5.34. The molecule has 0 aromatic heterocycles. The summed E-state index contributed by atoms with van der Waals surface area (Å²) in [6.07, 6.45) is 1.57. The third-order valence-electron chi connectivity index (χ3n) is 6.79. The van der Waals surface area contributed by atoms with Crippen LogP contribution < -0.4 is 5.73 Å². The molecule has 6 rings (SSSR count). The van der Waals surface area contributed by atoms with Crippen LogP contribution in [0.15, 0.2) is 115 Å². The van der Waals surface area contributed by atoms with Gasteiger partial charge in [0.1, 0.15) is 0 Å². The quantitative estimate of drug-likeness (QED) is 0.298. The van der Waals surface area contributed by atoms with E-state index in [2.05, 4.69) is 115 Å². The second-order valence-electron chi connectivity index (χ2n) is 8.95. The van der Waals surface area contributed by atoms with Crippen molar-refractivity contribution < 1.29 is 0 Å².